The number of hydrogen-bond acceptors (Lipinski definition) is 2. The highest BCUT2D eigenvalue weighted by Crippen LogP contribution is 2.30. The smallest absolute Gasteiger partial charge is 0.128 e. The summed E-state index contributed by atoms with van der Waals surface area (Å²) in [5, 5.41) is 0. The van der Waals surface area contributed by atoms with Gasteiger partial charge in [0.2, 0.25) is 0 Å². The molecule has 0 aliphatic rings. The summed E-state index contributed by atoms with van der Waals surface area (Å²) in [6, 6.07) is 10.5. The molecule has 0 saturated carbocycles. The van der Waals surface area contributed by atoms with Crippen LogP contribution < -0.4 is 5.73 Å². The summed E-state index contributed by atoms with van der Waals surface area (Å²) >= 11 is 4.94. The second-order valence-corrected chi connectivity index (χ2v) is 5.93. The van der Waals surface area contributed by atoms with Gasteiger partial charge in [-0.25, -0.2) is 8.78 Å². The Hall–Kier alpha value is -0.910. The van der Waals surface area contributed by atoms with Gasteiger partial charge in [0.05, 0.1) is 0 Å². The zero-order chi connectivity index (χ0) is 13.8. The molecule has 1 nitrogen and oxygen atoms in total. The molecule has 0 aliphatic carbocycles. The third kappa shape index (κ3) is 3.78. The Balaban J connectivity index is 2.07. The summed E-state index contributed by atoms with van der Waals surface area (Å²) < 4.78 is 27.6. The number of halogens is 3. The van der Waals surface area contributed by atoms with Crippen LogP contribution >= 0.6 is 27.7 Å². The van der Waals surface area contributed by atoms with E-state index in [1.807, 2.05) is 24.3 Å². The maximum atomic E-state index is 13.6. The number of nitrogens with two attached hydrogens (primary N) is 1. The zero-order valence-electron chi connectivity index (χ0n) is 9.95. The van der Waals surface area contributed by atoms with Crippen molar-refractivity contribution in [3.05, 3.63) is 64.1 Å². The van der Waals surface area contributed by atoms with E-state index in [1.54, 1.807) is 0 Å². The van der Waals surface area contributed by atoms with Crippen molar-refractivity contribution in [2.45, 2.75) is 10.9 Å². The van der Waals surface area contributed by atoms with Crippen LogP contribution in [0, 0.1) is 11.6 Å². The molecule has 2 aromatic rings. The molecule has 0 amide bonds. The number of hydrogen-bond donors (Lipinski definition) is 1. The van der Waals surface area contributed by atoms with Crippen molar-refractivity contribution in [1.29, 1.82) is 0 Å². The van der Waals surface area contributed by atoms with Crippen LogP contribution in [0.5, 0.6) is 0 Å². The van der Waals surface area contributed by atoms with Crippen molar-refractivity contribution in [2.75, 3.05) is 5.75 Å². The van der Waals surface area contributed by atoms with Crippen molar-refractivity contribution in [1.82, 2.24) is 0 Å². The lowest BCUT2D eigenvalue weighted by molar-refractivity contribution is 0.573. The summed E-state index contributed by atoms with van der Waals surface area (Å²) in [4.78, 5) is 1.02. The molecule has 2 aromatic carbocycles. The molecule has 0 heterocycles. The highest BCUT2D eigenvalue weighted by molar-refractivity contribution is 9.10. The Labute approximate surface area is 123 Å². The Bertz CT molecular complexity index is 577. The first kappa shape index (κ1) is 14.5. The first-order valence-electron chi connectivity index (χ1n) is 5.66. The van der Waals surface area contributed by atoms with Gasteiger partial charge < -0.3 is 5.73 Å². The zero-order valence-corrected chi connectivity index (χ0v) is 12.3. The molecule has 0 fully saturated rings. The van der Waals surface area contributed by atoms with Crippen LogP contribution in [-0.2, 0) is 0 Å². The van der Waals surface area contributed by atoms with Gasteiger partial charge in [-0.3, -0.25) is 0 Å². The van der Waals surface area contributed by atoms with Crippen LogP contribution in [0.3, 0.4) is 0 Å². The molecule has 0 radical (unpaired) electrons. The van der Waals surface area contributed by atoms with E-state index in [0.717, 1.165) is 27.6 Å². The fourth-order valence-electron chi connectivity index (χ4n) is 1.63. The molecular formula is C14H12BrF2NS. The van der Waals surface area contributed by atoms with Crippen molar-refractivity contribution < 1.29 is 8.78 Å². The van der Waals surface area contributed by atoms with E-state index >= 15 is 0 Å². The molecule has 0 bridgehead atoms. The van der Waals surface area contributed by atoms with Gasteiger partial charge >= 0.3 is 0 Å². The Kier molecular flexibility index (Phi) is 4.96. The predicted octanol–water partition coefficient (Wildman–Crippen LogP) is 4.52. The summed E-state index contributed by atoms with van der Waals surface area (Å²) in [5.74, 6) is -0.470. The van der Waals surface area contributed by atoms with Crippen molar-refractivity contribution in [2.24, 2.45) is 5.73 Å². The summed E-state index contributed by atoms with van der Waals surface area (Å²) in [7, 11) is 0. The molecule has 2 N–H and O–H groups in total. The van der Waals surface area contributed by atoms with Crippen molar-refractivity contribution >= 4 is 27.7 Å². The predicted molar refractivity (Wildman–Crippen MR) is 78.2 cm³/mol. The van der Waals surface area contributed by atoms with Gasteiger partial charge in [-0.1, -0.05) is 12.1 Å². The minimum atomic E-state index is -0.548. The van der Waals surface area contributed by atoms with E-state index in [4.69, 9.17) is 5.73 Å². The second-order valence-electron chi connectivity index (χ2n) is 4.01. The summed E-state index contributed by atoms with van der Waals surface area (Å²) in [6.45, 7) is 0. The van der Waals surface area contributed by atoms with Crippen LogP contribution in [0.2, 0.25) is 0 Å². The van der Waals surface area contributed by atoms with Crippen LogP contribution in [0.15, 0.2) is 51.8 Å². The minimum Gasteiger partial charge on any atom is -0.323 e. The standard InChI is InChI=1S/C14H12BrF2NS/c15-11-3-1-2-4-14(11)19-8-13(18)10-7-9(16)5-6-12(10)17/h1-7,13H,8,18H2. The lowest BCUT2D eigenvalue weighted by Crippen LogP contribution is -2.15. The molecule has 0 saturated heterocycles. The molecular weight excluding hydrogens is 332 g/mol. The Morgan fingerprint density at radius 1 is 1.16 bits per heavy atom. The lowest BCUT2D eigenvalue weighted by Gasteiger charge is -2.13. The van der Waals surface area contributed by atoms with Crippen LogP contribution in [0.1, 0.15) is 11.6 Å². The van der Waals surface area contributed by atoms with E-state index in [2.05, 4.69) is 15.9 Å². The van der Waals surface area contributed by atoms with Gasteiger partial charge in [0.1, 0.15) is 11.6 Å². The molecule has 100 valence electrons. The van der Waals surface area contributed by atoms with Gasteiger partial charge in [0.25, 0.3) is 0 Å². The molecule has 0 spiro atoms. The largest absolute Gasteiger partial charge is 0.323 e. The maximum absolute atomic E-state index is 13.6. The highest BCUT2D eigenvalue weighted by atomic mass is 79.9. The van der Waals surface area contributed by atoms with E-state index in [-0.39, 0.29) is 5.56 Å². The SMILES string of the molecule is NC(CSc1ccccc1Br)c1cc(F)ccc1F. The molecule has 2 rings (SSSR count). The average Bonchev–Trinajstić information content (AvgIpc) is 2.40. The van der Waals surface area contributed by atoms with E-state index < -0.39 is 17.7 Å². The number of thioether (sulfide) groups is 1. The normalized spacial score (nSPS) is 12.4. The van der Waals surface area contributed by atoms with Gasteiger partial charge in [-0.2, -0.15) is 0 Å². The maximum Gasteiger partial charge on any atom is 0.128 e. The highest BCUT2D eigenvalue weighted by Gasteiger charge is 2.13. The topological polar surface area (TPSA) is 26.0 Å². The Morgan fingerprint density at radius 3 is 2.63 bits per heavy atom. The number of rotatable bonds is 4. The third-order valence-corrected chi connectivity index (χ3v) is 4.76. The fourth-order valence-corrected chi connectivity index (χ4v) is 3.18. The van der Waals surface area contributed by atoms with Crippen LogP contribution in [-0.4, -0.2) is 5.75 Å². The van der Waals surface area contributed by atoms with E-state index in [0.29, 0.717) is 5.75 Å². The lowest BCUT2D eigenvalue weighted by atomic mass is 10.1. The van der Waals surface area contributed by atoms with E-state index in [1.165, 1.54) is 11.8 Å². The van der Waals surface area contributed by atoms with Gasteiger partial charge in [-0.15, -0.1) is 11.8 Å². The average molecular weight is 344 g/mol. The van der Waals surface area contributed by atoms with Crippen LogP contribution in [0.25, 0.3) is 0 Å². The van der Waals surface area contributed by atoms with Gasteiger partial charge in [-0.05, 0) is 46.3 Å². The first-order valence-corrected chi connectivity index (χ1v) is 7.43. The Morgan fingerprint density at radius 2 is 1.89 bits per heavy atom. The number of benzene rings is 2. The van der Waals surface area contributed by atoms with E-state index in [9.17, 15) is 8.78 Å². The summed E-state index contributed by atoms with van der Waals surface area (Å²) in [5.41, 5.74) is 6.13. The third-order valence-electron chi connectivity index (χ3n) is 2.61. The molecule has 0 aliphatic heterocycles. The monoisotopic (exact) mass is 343 g/mol. The molecule has 19 heavy (non-hydrogen) atoms. The van der Waals surface area contributed by atoms with Gasteiger partial charge in [0, 0.05) is 26.7 Å². The quantitative estimate of drug-likeness (QED) is 0.826. The van der Waals surface area contributed by atoms with Crippen molar-refractivity contribution in [3.63, 3.8) is 0 Å². The molecule has 5 heteroatoms. The summed E-state index contributed by atoms with van der Waals surface area (Å²) in [6.07, 6.45) is 0. The van der Waals surface area contributed by atoms with Crippen LogP contribution in [0.4, 0.5) is 8.78 Å². The van der Waals surface area contributed by atoms with Gasteiger partial charge in [0.15, 0.2) is 0 Å². The molecule has 1 atom stereocenters. The first-order chi connectivity index (χ1) is 9.08. The van der Waals surface area contributed by atoms with Crippen molar-refractivity contribution in [3.8, 4) is 0 Å². The second kappa shape index (κ2) is 6.50. The minimum absolute atomic E-state index is 0.208. The fraction of sp³-hybridized carbons (Fsp3) is 0.143. The molecule has 0 aromatic heterocycles. The molecule has 1 unspecified atom stereocenters.